The number of alkyl carbamates (subject to hydrolysis) is 1. The lowest BCUT2D eigenvalue weighted by Crippen LogP contribution is -2.47. The van der Waals surface area contributed by atoms with Gasteiger partial charge in [0.05, 0.1) is 13.0 Å². The fraction of sp³-hybridized carbons (Fsp3) is 0.269. The van der Waals surface area contributed by atoms with E-state index in [0.717, 1.165) is 37.6 Å². The number of hydrogen-bond donors (Lipinski definition) is 3. The van der Waals surface area contributed by atoms with Crippen molar-refractivity contribution in [2.75, 3.05) is 6.61 Å². The Bertz CT molecular complexity index is 1170. The second-order valence-electron chi connectivity index (χ2n) is 8.29. The number of aryl methyl sites for hydroxylation is 2. The largest absolute Gasteiger partial charge is 0.481 e. The maximum absolute atomic E-state index is 12.6. The summed E-state index contributed by atoms with van der Waals surface area (Å²) in [6, 6.07) is 16.7. The van der Waals surface area contributed by atoms with Crippen LogP contribution in [0, 0.1) is 13.8 Å². The summed E-state index contributed by atoms with van der Waals surface area (Å²) in [6.45, 7) is 4.33. The van der Waals surface area contributed by atoms with Crippen molar-refractivity contribution in [3.05, 3.63) is 81.0 Å². The Hall–Kier alpha value is -3.65. The van der Waals surface area contributed by atoms with Crippen molar-refractivity contribution in [3.63, 3.8) is 0 Å². The number of aliphatic carboxylic acids is 1. The molecule has 0 aliphatic heterocycles. The van der Waals surface area contributed by atoms with Gasteiger partial charge < -0.3 is 20.5 Å². The number of benzene rings is 2. The first-order chi connectivity index (χ1) is 16.3. The molecule has 0 bridgehead atoms. The number of amides is 2. The van der Waals surface area contributed by atoms with Crippen LogP contribution in [0.25, 0.3) is 11.1 Å². The zero-order chi connectivity index (χ0) is 24.2. The van der Waals surface area contributed by atoms with Crippen molar-refractivity contribution >= 4 is 29.3 Å². The number of ether oxygens (including phenoxy) is 1. The van der Waals surface area contributed by atoms with Gasteiger partial charge in [0.25, 0.3) is 0 Å². The molecule has 0 saturated carbocycles. The molecule has 34 heavy (non-hydrogen) atoms. The van der Waals surface area contributed by atoms with Crippen LogP contribution in [0.15, 0.2) is 54.6 Å². The minimum atomic E-state index is -1.24. The molecule has 1 atom stereocenters. The molecule has 3 N–H and O–H groups in total. The predicted octanol–water partition coefficient (Wildman–Crippen LogP) is 4.36. The Morgan fingerprint density at radius 3 is 2.21 bits per heavy atom. The molecular weight excluding hydrogens is 452 g/mol. The third kappa shape index (κ3) is 5.12. The number of carbonyl (C=O) groups excluding carboxylic acids is 2. The highest BCUT2D eigenvalue weighted by Gasteiger charge is 2.30. The van der Waals surface area contributed by atoms with Crippen LogP contribution in [0.2, 0.25) is 0 Å². The van der Waals surface area contributed by atoms with Crippen LogP contribution in [-0.2, 0) is 20.9 Å². The normalized spacial score (nSPS) is 13.0. The van der Waals surface area contributed by atoms with Gasteiger partial charge >= 0.3 is 12.1 Å². The third-order valence-corrected chi connectivity index (χ3v) is 7.14. The summed E-state index contributed by atoms with van der Waals surface area (Å²) < 4.78 is 5.46. The Morgan fingerprint density at radius 1 is 1.03 bits per heavy atom. The molecule has 1 unspecified atom stereocenters. The lowest BCUT2D eigenvalue weighted by Gasteiger charge is -2.18. The van der Waals surface area contributed by atoms with Crippen molar-refractivity contribution in [2.45, 2.75) is 38.8 Å². The molecule has 1 aliphatic carbocycles. The number of rotatable bonds is 8. The number of carbonyl (C=O) groups is 3. The van der Waals surface area contributed by atoms with Crippen molar-refractivity contribution in [1.29, 1.82) is 0 Å². The van der Waals surface area contributed by atoms with Crippen LogP contribution in [0.5, 0.6) is 0 Å². The van der Waals surface area contributed by atoms with E-state index in [1.165, 1.54) is 0 Å². The molecule has 176 valence electrons. The molecule has 8 heteroatoms. The molecule has 0 radical (unpaired) electrons. The molecule has 3 aromatic rings. The Kier molecular flexibility index (Phi) is 6.98. The summed E-state index contributed by atoms with van der Waals surface area (Å²) in [5.41, 5.74) is 5.48. The highest BCUT2D eigenvalue weighted by Crippen LogP contribution is 2.44. The van der Waals surface area contributed by atoms with Crippen LogP contribution in [-0.4, -0.2) is 35.7 Å². The second kappa shape index (κ2) is 10.1. The van der Waals surface area contributed by atoms with Gasteiger partial charge in [-0.1, -0.05) is 48.5 Å². The van der Waals surface area contributed by atoms with Gasteiger partial charge in [-0.15, -0.1) is 11.3 Å². The number of carboxylic acids is 1. The number of carboxylic acid groups (broad SMARTS) is 1. The van der Waals surface area contributed by atoms with E-state index in [9.17, 15) is 19.5 Å². The van der Waals surface area contributed by atoms with Gasteiger partial charge in [-0.05, 0) is 47.7 Å². The van der Waals surface area contributed by atoms with E-state index in [1.807, 2.05) is 68.4 Å². The maximum atomic E-state index is 12.6. The van der Waals surface area contributed by atoms with Gasteiger partial charge in [-0.2, -0.15) is 0 Å². The first kappa shape index (κ1) is 23.5. The van der Waals surface area contributed by atoms with Crippen molar-refractivity contribution in [2.24, 2.45) is 0 Å². The molecule has 1 aliphatic rings. The van der Waals surface area contributed by atoms with Crippen LogP contribution in [0.4, 0.5) is 4.79 Å². The average Bonchev–Trinajstić information content (AvgIpc) is 3.31. The minimum absolute atomic E-state index is 0.0784. The highest BCUT2D eigenvalue weighted by molar-refractivity contribution is 7.12. The van der Waals surface area contributed by atoms with E-state index < -0.39 is 30.4 Å². The Morgan fingerprint density at radius 2 is 1.65 bits per heavy atom. The highest BCUT2D eigenvalue weighted by atomic mass is 32.1. The summed E-state index contributed by atoms with van der Waals surface area (Å²) in [5.74, 6) is -1.89. The SMILES string of the molecule is Cc1cc(CNC(=O)C(CC(=O)O)NC(=O)OCC2c3ccccc3-c3ccccc32)sc1C. The molecule has 0 spiro atoms. The third-order valence-electron chi connectivity index (χ3n) is 5.98. The lowest BCUT2D eigenvalue weighted by atomic mass is 9.98. The van der Waals surface area contributed by atoms with E-state index in [4.69, 9.17) is 4.74 Å². The zero-order valence-corrected chi connectivity index (χ0v) is 19.8. The van der Waals surface area contributed by atoms with Crippen LogP contribution < -0.4 is 10.6 Å². The van der Waals surface area contributed by atoms with Crippen LogP contribution >= 0.6 is 11.3 Å². The van der Waals surface area contributed by atoms with E-state index in [2.05, 4.69) is 10.6 Å². The quantitative estimate of drug-likeness (QED) is 0.446. The zero-order valence-electron chi connectivity index (χ0n) is 19.0. The molecule has 2 aromatic carbocycles. The topological polar surface area (TPSA) is 105 Å². The maximum Gasteiger partial charge on any atom is 0.407 e. The molecular formula is C26H26N2O5S. The predicted molar refractivity (Wildman–Crippen MR) is 130 cm³/mol. The summed E-state index contributed by atoms with van der Waals surface area (Å²) in [4.78, 5) is 38.6. The van der Waals surface area contributed by atoms with E-state index in [0.29, 0.717) is 0 Å². The van der Waals surface area contributed by atoms with Crippen LogP contribution in [0.3, 0.4) is 0 Å². The van der Waals surface area contributed by atoms with Gasteiger partial charge in [-0.3, -0.25) is 9.59 Å². The van der Waals surface area contributed by atoms with E-state index >= 15 is 0 Å². The van der Waals surface area contributed by atoms with Gasteiger partial charge in [0.15, 0.2) is 0 Å². The standard InChI is InChI=1S/C26H26N2O5S/c1-15-11-17(34-16(15)2)13-27-25(31)23(12-24(29)30)28-26(32)33-14-22-20-9-5-3-7-18(20)19-8-4-6-10-21(19)22/h3-11,22-23H,12-14H2,1-2H3,(H,27,31)(H,28,32)(H,29,30). The van der Waals surface area contributed by atoms with Gasteiger partial charge in [0.1, 0.15) is 12.6 Å². The molecule has 1 heterocycles. The fourth-order valence-corrected chi connectivity index (χ4v) is 5.19. The summed E-state index contributed by atoms with van der Waals surface area (Å²) in [7, 11) is 0. The molecule has 4 rings (SSSR count). The van der Waals surface area contributed by atoms with Gasteiger partial charge in [0.2, 0.25) is 5.91 Å². The Balaban J connectivity index is 1.38. The average molecular weight is 479 g/mol. The summed E-state index contributed by atoms with van der Waals surface area (Å²) >= 11 is 1.56. The van der Waals surface area contributed by atoms with Crippen molar-refractivity contribution in [3.8, 4) is 11.1 Å². The molecule has 7 nitrogen and oxygen atoms in total. The monoisotopic (exact) mass is 478 g/mol. The smallest absolute Gasteiger partial charge is 0.407 e. The number of thiophene rings is 1. The van der Waals surface area contributed by atoms with Crippen LogP contribution in [0.1, 0.15) is 38.8 Å². The minimum Gasteiger partial charge on any atom is -0.481 e. The first-order valence-corrected chi connectivity index (χ1v) is 11.8. The number of nitrogens with one attached hydrogen (secondary N) is 2. The van der Waals surface area contributed by atoms with Gasteiger partial charge in [-0.25, -0.2) is 4.79 Å². The van der Waals surface area contributed by atoms with Crippen molar-refractivity contribution in [1.82, 2.24) is 10.6 Å². The van der Waals surface area contributed by atoms with E-state index in [-0.39, 0.29) is 19.1 Å². The first-order valence-electron chi connectivity index (χ1n) is 11.0. The lowest BCUT2D eigenvalue weighted by molar-refractivity contribution is -0.139. The second-order valence-corrected chi connectivity index (χ2v) is 9.63. The summed E-state index contributed by atoms with van der Waals surface area (Å²) in [5, 5.41) is 14.4. The van der Waals surface area contributed by atoms with Crippen molar-refractivity contribution < 1.29 is 24.2 Å². The summed E-state index contributed by atoms with van der Waals surface area (Å²) in [6.07, 6.45) is -1.37. The number of fused-ring (bicyclic) bond motifs is 3. The molecule has 0 fully saturated rings. The molecule has 0 saturated heterocycles. The molecule has 2 amide bonds. The van der Waals surface area contributed by atoms with E-state index in [1.54, 1.807) is 11.3 Å². The Labute approximate surface area is 201 Å². The number of hydrogen-bond acceptors (Lipinski definition) is 5. The fourth-order valence-electron chi connectivity index (χ4n) is 4.20. The molecule has 1 aromatic heterocycles. The van der Waals surface area contributed by atoms with Gasteiger partial charge in [0, 0.05) is 15.7 Å².